The van der Waals surface area contributed by atoms with Gasteiger partial charge >= 0.3 is 0 Å². The zero-order chi connectivity index (χ0) is 11.9. The molecular formula is C11H24N2O2. The van der Waals surface area contributed by atoms with Crippen LogP contribution in [0.2, 0.25) is 0 Å². The van der Waals surface area contributed by atoms with Crippen molar-refractivity contribution in [3.8, 4) is 0 Å². The molecule has 4 heteroatoms. The van der Waals surface area contributed by atoms with Crippen LogP contribution in [0.3, 0.4) is 0 Å². The predicted molar refractivity (Wildman–Crippen MR) is 61.9 cm³/mol. The van der Waals surface area contributed by atoms with Gasteiger partial charge in [-0.05, 0) is 27.2 Å². The summed E-state index contributed by atoms with van der Waals surface area (Å²) in [5, 5.41) is 5.96. The Labute approximate surface area is 92.8 Å². The second kappa shape index (κ2) is 6.80. The molecule has 0 radical (unpaired) electrons. The number of hydrogen-bond donors (Lipinski definition) is 2. The molecule has 0 saturated carbocycles. The molecule has 2 N–H and O–H groups in total. The Morgan fingerprint density at radius 3 is 2.53 bits per heavy atom. The van der Waals surface area contributed by atoms with E-state index in [2.05, 4.69) is 24.5 Å². The fourth-order valence-corrected chi connectivity index (χ4v) is 0.857. The molecule has 0 aliphatic carbocycles. The van der Waals surface area contributed by atoms with E-state index in [-0.39, 0.29) is 11.5 Å². The summed E-state index contributed by atoms with van der Waals surface area (Å²) in [6, 6.07) is 0.381. The largest absolute Gasteiger partial charge is 0.377 e. The average molecular weight is 216 g/mol. The van der Waals surface area contributed by atoms with Gasteiger partial charge in [0.25, 0.3) is 0 Å². The third kappa shape index (κ3) is 7.33. The van der Waals surface area contributed by atoms with E-state index < -0.39 is 0 Å². The van der Waals surface area contributed by atoms with Gasteiger partial charge in [0.2, 0.25) is 5.91 Å². The molecular weight excluding hydrogens is 192 g/mol. The van der Waals surface area contributed by atoms with Gasteiger partial charge in [-0.1, -0.05) is 6.92 Å². The van der Waals surface area contributed by atoms with Crippen molar-refractivity contribution >= 4 is 5.91 Å². The van der Waals surface area contributed by atoms with Crippen LogP contribution in [0.5, 0.6) is 0 Å². The van der Waals surface area contributed by atoms with Crippen molar-refractivity contribution in [3.63, 3.8) is 0 Å². The summed E-state index contributed by atoms with van der Waals surface area (Å²) in [7, 11) is 1.64. The van der Waals surface area contributed by atoms with Gasteiger partial charge in [0, 0.05) is 19.7 Å². The molecule has 0 aromatic heterocycles. The number of rotatable bonds is 7. The summed E-state index contributed by atoms with van der Waals surface area (Å²) in [4.78, 5) is 11.4. The van der Waals surface area contributed by atoms with E-state index in [1.54, 1.807) is 7.11 Å². The number of amides is 1. The lowest BCUT2D eigenvalue weighted by molar-refractivity contribution is -0.121. The Morgan fingerprint density at radius 1 is 1.47 bits per heavy atom. The zero-order valence-electron chi connectivity index (χ0n) is 10.5. The first kappa shape index (κ1) is 14.4. The lowest BCUT2D eigenvalue weighted by Crippen LogP contribution is -2.44. The van der Waals surface area contributed by atoms with Crippen molar-refractivity contribution in [2.75, 3.05) is 20.2 Å². The molecule has 4 nitrogen and oxygen atoms in total. The lowest BCUT2D eigenvalue weighted by atomic mass is 10.1. The van der Waals surface area contributed by atoms with Gasteiger partial charge in [-0.2, -0.15) is 0 Å². The van der Waals surface area contributed by atoms with E-state index in [1.807, 2.05) is 13.8 Å². The minimum atomic E-state index is -0.300. The topological polar surface area (TPSA) is 50.4 Å². The Hall–Kier alpha value is -0.610. The third-order valence-electron chi connectivity index (χ3n) is 2.49. The minimum Gasteiger partial charge on any atom is -0.377 e. The molecule has 0 bridgehead atoms. The molecule has 1 atom stereocenters. The van der Waals surface area contributed by atoms with Crippen LogP contribution in [0.1, 0.15) is 34.1 Å². The van der Waals surface area contributed by atoms with E-state index >= 15 is 0 Å². The molecule has 0 aliphatic rings. The molecule has 1 unspecified atom stereocenters. The molecule has 0 fully saturated rings. The van der Waals surface area contributed by atoms with E-state index in [0.29, 0.717) is 19.1 Å². The number of carbonyl (C=O) groups excluding carboxylic acids is 1. The van der Waals surface area contributed by atoms with Crippen molar-refractivity contribution < 1.29 is 9.53 Å². The van der Waals surface area contributed by atoms with Gasteiger partial charge in [-0.3, -0.25) is 4.79 Å². The molecule has 0 aliphatic heterocycles. The van der Waals surface area contributed by atoms with Crippen molar-refractivity contribution in [2.45, 2.75) is 45.8 Å². The van der Waals surface area contributed by atoms with Gasteiger partial charge in [0.05, 0.1) is 12.1 Å². The first-order valence-corrected chi connectivity index (χ1v) is 5.46. The highest BCUT2D eigenvalue weighted by Crippen LogP contribution is 2.04. The summed E-state index contributed by atoms with van der Waals surface area (Å²) in [6.07, 6.45) is 1.02. The highest BCUT2D eigenvalue weighted by Gasteiger charge is 2.17. The average Bonchev–Trinajstić information content (AvgIpc) is 2.23. The Balaban J connectivity index is 3.67. The number of carbonyl (C=O) groups is 1. The normalized spacial score (nSPS) is 13.7. The van der Waals surface area contributed by atoms with Gasteiger partial charge < -0.3 is 15.4 Å². The van der Waals surface area contributed by atoms with E-state index in [4.69, 9.17) is 4.74 Å². The van der Waals surface area contributed by atoms with E-state index in [9.17, 15) is 4.79 Å². The van der Waals surface area contributed by atoms with E-state index in [0.717, 1.165) is 6.42 Å². The highest BCUT2D eigenvalue weighted by molar-refractivity contribution is 5.78. The summed E-state index contributed by atoms with van der Waals surface area (Å²) in [5.41, 5.74) is -0.300. The summed E-state index contributed by atoms with van der Waals surface area (Å²) in [6.45, 7) is 8.93. The maximum absolute atomic E-state index is 11.4. The minimum absolute atomic E-state index is 0.0143. The number of nitrogens with one attached hydrogen (secondary N) is 2. The molecule has 90 valence electrons. The maximum Gasteiger partial charge on any atom is 0.234 e. The van der Waals surface area contributed by atoms with Crippen LogP contribution in [-0.4, -0.2) is 37.7 Å². The second-order valence-corrected chi connectivity index (χ2v) is 4.43. The molecule has 0 heterocycles. The molecule has 0 rings (SSSR count). The molecule has 0 aromatic carbocycles. The predicted octanol–water partition coefficient (Wildman–Crippen LogP) is 0.916. The molecule has 0 aromatic rings. The van der Waals surface area contributed by atoms with Crippen molar-refractivity contribution in [3.05, 3.63) is 0 Å². The zero-order valence-corrected chi connectivity index (χ0v) is 10.5. The molecule has 1 amide bonds. The molecule has 15 heavy (non-hydrogen) atoms. The van der Waals surface area contributed by atoms with Crippen molar-refractivity contribution in [1.82, 2.24) is 10.6 Å². The summed E-state index contributed by atoms with van der Waals surface area (Å²) in [5.74, 6) is 0.0143. The summed E-state index contributed by atoms with van der Waals surface area (Å²) >= 11 is 0. The Morgan fingerprint density at radius 2 is 2.07 bits per heavy atom. The van der Waals surface area contributed by atoms with Gasteiger partial charge in [-0.15, -0.1) is 0 Å². The molecule has 0 saturated heterocycles. The highest BCUT2D eigenvalue weighted by atomic mass is 16.5. The van der Waals surface area contributed by atoms with Crippen LogP contribution in [0.4, 0.5) is 0 Å². The van der Waals surface area contributed by atoms with Crippen LogP contribution in [0.25, 0.3) is 0 Å². The SMILES string of the molecule is CCC(C)NCC(=O)NCC(C)(C)OC. The first-order chi connectivity index (χ1) is 6.91. The van der Waals surface area contributed by atoms with Gasteiger partial charge in [0.1, 0.15) is 0 Å². The van der Waals surface area contributed by atoms with Crippen molar-refractivity contribution in [2.24, 2.45) is 0 Å². The first-order valence-electron chi connectivity index (χ1n) is 5.46. The van der Waals surface area contributed by atoms with Gasteiger partial charge in [0.15, 0.2) is 0 Å². The Kier molecular flexibility index (Phi) is 6.52. The third-order valence-corrected chi connectivity index (χ3v) is 2.49. The lowest BCUT2D eigenvalue weighted by Gasteiger charge is -2.23. The van der Waals surface area contributed by atoms with Crippen molar-refractivity contribution in [1.29, 1.82) is 0 Å². The smallest absolute Gasteiger partial charge is 0.234 e. The fourth-order valence-electron chi connectivity index (χ4n) is 0.857. The number of hydrogen-bond acceptors (Lipinski definition) is 3. The summed E-state index contributed by atoms with van der Waals surface area (Å²) < 4.78 is 5.20. The molecule has 0 spiro atoms. The standard InChI is InChI=1S/C11H24N2O2/c1-6-9(2)12-7-10(14)13-8-11(3,4)15-5/h9,12H,6-8H2,1-5H3,(H,13,14). The van der Waals surface area contributed by atoms with Crippen LogP contribution in [-0.2, 0) is 9.53 Å². The number of ether oxygens (including phenoxy) is 1. The fraction of sp³-hybridized carbons (Fsp3) is 0.909. The monoisotopic (exact) mass is 216 g/mol. The van der Waals surface area contributed by atoms with Crippen LogP contribution >= 0.6 is 0 Å². The van der Waals surface area contributed by atoms with Crippen LogP contribution < -0.4 is 10.6 Å². The maximum atomic E-state index is 11.4. The van der Waals surface area contributed by atoms with Crippen LogP contribution in [0, 0.1) is 0 Å². The van der Waals surface area contributed by atoms with Gasteiger partial charge in [-0.25, -0.2) is 0 Å². The quantitative estimate of drug-likeness (QED) is 0.665. The Bertz CT molecular complexity index is 193. The van der Waals surface area contributed by atoms with E-state index in [1.165, 1.54) is 0 Å². The second-order valence-electron chi connectivity index (χ2n) is 4.43. The number of methoxy groups -OCH3 is 1. The van der Waals surface area contributed by atoms with Crippen LogP contribution in [0.15, 0.2) is 0 Å².